The van der Waals surface area contributed by atoms with Gasteiger partial charge in [0.1, 0.15) is 0 Å². The third kappa shape index (κ3) is 1.55. The van der Waals surface area contributed by atoms with Gasteiger partial charge >= 0.3 is 0 Å². The largest absolute Gasteiger partial charge is 0.390 e. The normalized spacial score (nSPS) is 17.4. The lowest BCUT2D eigenvalue weighted by Crippen LogP contribution is -2.33. The van der Waals surface area contributed by atoms with Crippen LogP contribution >= 0.6 is 0 Å². The van der Waals surface area contributed by atoms with Crippen LogP contribution in [0.25, 0.3) is 0 Å². The molecule has 0 aromatic heterocycles. The summed E-state index contributed by atoms with van der Waals surface area (Å²) in [4.78, 5) is 5.81. The van der Waals surface area contributed by atoms with Gasteiger partial charge in [0.2, 0.25) is 0 Å². The van der Waals surface area contributed by atoms with Crippen molar-refractivity contribution < 1.29 is 5.11 Å². The van der Waals surface area contributed by atoms with Crippen LogP contribution in [-0.2, 0) is 0 Å². The molecule has 0 atom stereocenters. The molecular formula is C6H11N3O. The van der Waals surface area contributed by atoms with Crippen LogP contribution in [0.2, 0.25) is 0 Å². The molecule has 1 aliphatic rings. The van der Waals surface area contributed by atoms with E-state index in [1.165, 1.54) is 0 Å². The summed E-state index contributed by atoms with van der Waals surface area (Å²) in [7, 11) is 0. The highest BCUT2D eigenvalue weighted by atomic mass is 16.3. The van der Waals surface area contributed by atoms with Crippen LogP contribution < -0.4 is 5.73 Å². The Hall–Kier alpha value is -0.870. The Morgan fingerprint density at radius 3 is 3.20 bits per heavy atom. The van der Waals surface area contributed by atoms with Crippen molar-refractivity contribution in [1.29, 1.82) is 0 Å². The van der Waals surface area contributed by atoms with E-state index in [0.717, 1.165) is 5.71 Å². The highest BCUT2D eigenvalue weighted by molar-refractivity contribution is 5.88. The molecule has 10 heavy (non-hydrogen) atoms. The minimum absolute atomic E-state index is 0.0147. The van der Waals surface area contributed by atoms with Gasteiger partial charge in [0, 0.05) is 12.4 Å². The molecule has 0 fully saturated rings. The topological polar surface area (TPSA) is 61.8 Å². The van der Waals surface area contributed by atoms with E-state index in [1.807, 2.05) is 4.90 Å². The van der Waals surface area contributed by atoms with Crippen molar-refractivity contribution in [2.24, 2.45) is 10.7 Å². The van der Waals surface area contributed by atoms with Gasteiger partial charge in [-0.3, -0.25) is 4.99 Å². The van der Waals surface area contributed by atoms with E-state index in [0.29, 0.717) is 13.2 Å². The zero-order valence-corrected chi connectivity index (χ0v) is 5.70. The Morgan fingerprint density at radius 2 is 2.60 bits per heavy atom. The molecule has 0 unspecified atom stereocenters. The van der Waals surface area contributed by atoms with Gasteiger partial charge < -0.3 is 15.7 Å². The molecule has 1 heterocycles. The monoisotopic (exact) mass is 141 g/mol. The fraction of sp³-hybridized carbons (Fsp3) is 0.500. The van der Waals surface area contributed by atoms with Gasteiger partial charge in [-0.05, 0) is 0 Å². The van der Waals surface area contributed by atoms with Crippen molar-refractivity contribution >= 4 is 5.71 Å². The molecule has 0 aromatic rings. The molecule has 4 nitrogen and oxygen atoms in total. The summed E-state index contributed by atoms with van der Waals surface area (Å²) in [5, 5.41) is 8.67. The molecule has 0 saturated carbocycles. The molecule has 56 valence electrons. The Kier molecular flexibility index (Phi) is 2.42. The summed E-state index contributed by atoms with van der Waals surface area (Å²) < 4.78 is 0. The first-order chi connectivity index (χ1) is 4.86. The zero-order chi connectivity index (χ0) is 7.40. The van der Waals surface area contributed by atoms with Crippen molar-refractivity contribution in [2.75, 3.05) is 19.8 Å². The number of nitrogens with zero attached hydrogens (tertiary/aromatic N) is 2. The number of aliphatic hydroxyl groups excluding tert-OH is 1. The molecule has 0 amide bonds. The quantitative estimate of drug-likeness (QED) is 0.525. The number of hydrogen-bond donors (Lipinski definition) is 2. The fourth-order valence-corrected chi connectivity index (χ4v) is 0.777. The molecule has 0 spiro atoms. The van der Waals surface area contributed by atoms with Crippen molar-refractivity contribution in [3.8, 4) is 0 Å². The molecule has 0 aliphatic carbocycles. The van der Waals surface area contributed by atoms with Gasteiger partial charge in [0.25, 0.3) is 0 Å². The van der Waals surface area contributed by atoms with E-state index in [-0.39, 0.29) is 6.61 Å². The maximum atomic E-state index is 8.67. The Bertz CT molecular complexity index is 164. The Labute approximate surface area is 59.7 Å². The maximum absolute atomic E-state index is 8.67. The number of aliphatic hydroxyl groups is 1. The SMILES string of the molecule is NCN1C=CN=C(CO)C1. The minimum Gasteiger partial charge on any atom is -0.390 e. The lowest BCUT2D eigenvalue weighted by Gasteiger charge is -2.20. The second-order valence-corrected chi connectivity index (χ2v) is 2.08. The molecule has 0 aromatic carbocycles. The predicted octanol–water partition coefficient (Wildman–Crippen LogP) is -0.877. The summed E-state index contributed by atoms with van der Waals surface area (Å²) in [5.41, 5.74) is 6.12. The summed E-state index contributed by atoms with van der Waals surface area (Å²) in [5.74, 6) is 0. The molecule has 1 rings (SSSR count). The highest BCUT2D eigenvalue weighted by Crippen LogP contribution is 1.96. The molecule has 0 bridgehead atoms. The van der Waals surface area contributed by atoms with Crippen LogP contribution in [0.5, 0.6) is 0 Å². The molecule has 3 N–H and O–H groups in total. The Morgan fingerprint density at radius 1 is 1.80 bits per heavy atom. The van der Waals surface area contributed by atoms with Crippen molar-refractivity contribution in [3.63, 3.8) is 0 Å². The average Bonchev–Trinajstić information content (AvgIpc) is 2.05. The van der Waals surface area contributed by atoms with Crippen molar-refractivity contribution in [2.45, 2.75) is 0 Å². The van der Waals surface area contributed by atoms with E-state index in [4.69, 9.17) is 10.8 Å². The smallest absolute Gasteiger partial charge is 0.0831 e. The number of nitrogens with two attached hydrogens (primary N) is 1. The van der Waals surface area contributed by atoms with Gasteiger partial charge in [-0.1, -0.05) is 0 Å². The van der Waals surface area contributed by atoms with E-state index < -0.39 is 0 Å². The summed E-state index contributed by atoms with van der Waals surface area (Å²) in [6, 6.07) is 0. The molecule has 0 saturated heterocycles. The van der Waals surface area contributed by atoms with Gasteiger partial charge in [-0.2, -0.15) is 0 Å². The minimum atomic E-state index is 0.0147. The first-order valence-electron chi connectivity index (χ1n) is 3.14. The lowest BCUT2D eigenvalue weighted by molar-refractivity contribution is 0.344. The van der Waals surface area contributed by atoms with E-state index in [9.17, 15) is 0 Å². The van der Waals surface area contributed by atoms with Crippen LogP contribution in [0.1, 0.15) is 0 Å². The van der Waals surface area contributed by atoms with Gasteiger partial charge in [-0.15, -0.1) is 0 Å². The summed E-state index contributed by atoms with van der Waals surface area (Å²) >= 11 is 0. The van der Waals surface area contributed by atoms with Crippen LogP contribution in [0.15, 0.2) is 17.4 Å². The average molecular weight is 141 g/mol. The third-order valence-corrected chi connectivity index (χ3v) is 1.34. The molecular weight excluding hydrogens is 130 g/mol. The van der Waals surface area contributed by atoms with Crippen LogP contribution in [-0.4, -0.2) is 35.5 Å². The second kappa shape index (κ2) is 3.34. The first kappa shape index (κ1) is 7.24. The summed E-state index contributed by atoms with van der Waals surface area (Å²) in [6.07, 6.45) is 3.45. The van der Waals surface area contributed by atoms with Crippen LogP contribution in [0.3, 0.4) is 0 Å². The van der Waals surface area contributed by atoms with Crippen molar-refractivity contribution in [1.82, 2.24) is 4.90 Å². The summed E-state index contributed by atoms with van der Waals surface area (Å²) in [6.45, 7) is 1.12. The van der Waals surface area contributed by atoms with E-state index in [2.05, 4.69) is 4.99 Å². The first-order valence-corrected chi connectivity index (χ1v) is 3.14. The fourth-order valence-electron chi connectivity index (χ4n) is 0.777. The van der Waals surface area contributed by atoms with Crippen LogP contribution in [0, 0.1) is 0 Å². The molecule has 1 aliphatic heterocycles. The van der Waals surface area contributed by atoms with Gasteiger partial charge in [0.15, 0.2) is 0 Å². The highest BCUT2D eigenvalue weighted by Gasteiger charge is 2.04. The zero-order valence-electron chi connectivity index (χ0n) is 5.70. The van der Waals surface area contributed by atoms with Crippen LogP contribution in [0.4, 0.5) is 0 Å². The predicted molar refractivity (Wildman–Crippen MR) is 39.4 cm³/mol. The molecule has 0 radical (unpaired) electrons. The number of hydrogen-bond acceptors (Lipinski definition) is 4. The second-order valence-electron chi connectivity index (χ2n) is 2.08. The van der Waals surface area contributed by atoms with Gasteiger partial charge in [-0.25, -0.2) is 0 Å². The van der Waals surface area contributed by atoms with Gasteiger partial charge in [0.05, 0.1) is 25.5 Å². The Balaban J connectivity index is 2.50. The van der Waals surface area contributed by atoms with Crippen molar-refractivity contribution in [3.05, 3.63) is 12.4 Å². The van der Waals surface area contributed by atoms with E-state index in [1.54, 1.807) is 12.4 Å². The third-order valence-electron chi connectivity index (χ3n) is 1.34. The molecule has 4 heteroatoms. The number of aliphatic imine (C=N–C) groups is 1. The maximum Gasteiger partial charge on any atom is 0.0831 e. The van der Waals surface area contributed by atoms with E-state index >= 15 is 0 Å². The number of rotatable bonds is 2. The lowest BCUT2D eigenvalue weighted by atomic mass is 10.3. The standard InChI is InChI=1S/C6H11N3O/c7-5-9-2-1-8-6(3-9)4-10/h1-2,10H,3-5,7H2.